The van der Waals surface area contributed by atoms with E-state index in [9.17, 15) is 0 Å². The van der Waals surface area contributed by atoms with Crippen molar-refractivity contribution in [3.63, 3.8) is 0 Å². The third-order valence-electron chi connectivity index (χ3n) is 4.33. The van der Waals surface area contributed by atoms with Gasteiger partial charge < -0.3 is 4.57 Å². The van der Waals surface area contributed by atoms with Crippen LogP contribution in [0.1, 0.15) is 0 Å². The van der Waals surface area contributed by atoms with Crippen LogP contribution in [0.5, 0.6) is 0 Å². The van der Waals surface area contributed by atoms with Gasteiger partial charge in [-0.25, -0.2) is 9.97 Å². The minimum atomic E-state index is 0.428. The number of aromatic amines is 1. The first kappa shape index (κ1) is 14.2. The smallest absolute Gasteiger partial charge is 0.157 e. The molecule has 5 nitrogen and oxygen atoms in total. The van der Waals surface area contributed by atoms with Gasteiger partial charge in [0.15, 0.2) is 5.15 Å². The number of benzene rings is 2. The maximum Gasteiger partial charge on any atom is 0.157 e. The highest BCUT2D eigenvalue weighted by atomic mass is 35.5. The van der Waals surface area contributed by atoms with E-state index < -0.39 is 0 Å². The fourth-order valence-corrected chi connectivity index (χ4v) is 3.43. The lowest BCUT2D eigenvalue weighted by atomic mass is 10.1. The highest BCUT2D eigenvalue weighted by molar-refractivity contribution is 6.34. The number of nitrogens with zero attached hydrogens (tertiary/aromatic N) is 4. The van der Waals surface area contributed by atoms with Crippen LogP contribution in [0.4, 0.5) is 0 Å². The van der Waals surface area contributed by atoms with Gasteiger partial charge in [-0.05, 0) is 12.1 Å². The van der Waals surface area contributed by atoms with E-state index >= 15 is 0 Å². The van der Waals surface area contributed by atoms with Gasteiger partial charge in [0, 0.05) is 28.4 Å². The summed E-state index contributed by atoms with van der Waals surface area (Å²) in [5, 5.41) is 8.72. The van der Waals surface area contributed by atoms with E-state index in [0.717, 1.165) is 38.8 Å². The number of aromatic nitrogens is 5. The van der Waals surface area contributed by atoms with Crippen LogP contribution in [0.15, 0.2) is 67.3 Å². The third kappa shape index (κ3) is 2.13. The summed E-state index contributed by atoms with van der Waals surface area (Å²) in [6.07, 6.45) is 5.37. The molecule has 0 saturated heterocycles. The molecule has 0 radical (unpaired) electrons. The Morgan fingerprint density at radius 1 is 0.920 bits per heavy atom. The van der Waals surface area contributed by atoms with Crippen molar-refractivity contribution in [3.8, 4) is 16.8 Å². The number of halogens is 1. The summed E-state index contributed by atoms with van der Waals surface area (Å²) in [4.78, 5) is 8.67. The van der Waals surface area contributed by atoms with E-state index in [1.165, 1.54) is 6.33 Å². The summed E-state index contributed by atoms with van der Waals surface area (Å²) in [6.45, 7) is 0. The molecule has 120 valence electrons. The summed E-state index contributed by atoms with van der Waals surface area (Å²) in [5.41, 5.74) is 5.60. The Balaban J connectivity index is 1.89. The lowest BCUT2D eigenvalue weighted by Crippen LogP contribution is -1.93. The summed E-state index contributed by atoms with van der Waals surface area (Å²) < 4.78 is 2.03. The Hall–Kier alpha value is -3.18. The van der Waals surface area contributed by atoms with Gasteiger partial charge in [0.05, 0.1) is 11.7 Å². The number of hydrogen-bond donors (Lipinski definition) is 1. The minimum absolute atomic E-state index is 0.428. The van der Waals surface area contributed by atoms with Gasteiger partial charge in [-0.3, -0.25) is 5.10 Å². The minimum Gasteiger partial charge on any atom is -0.312 e. The lowest BCUT2D eigenvalue weighted by molar-refractivity contribution is 1.11. The van der Waals surface area contributed by atoms with Crippen molar-refractivity contribution in [3.05, 3.63) is 72.4 Å². The molecule has 1 N–H and O–H groups in total. The van der Waals surface area contributed by atoms with Crippen LogP contribution >= 0.6 is 11.6 Å². The van der Waals surface area contributed by atoms with Gasteiger partial charge in [0.2, 0.25) is 0 Å². The zero-order valence-electron chi connectivity index (χ0n) is 13.0. The maximum atomic E-state index is 6.42. The molecule has 0 atom stereocenters. The molecule has 0 bridgehead atoms. The van der Waals surface area contributed by atoms with Gasteiger partial charge in [-0.2, -0.15) is 5.10 Å². The van der Waals surface area contributed by atoms with Crippen LogP contribution in [-0.2, 0) is 0 Å². The van der Waals surface area contributed by atoms with Crippen LogP contribution in [-0.4, -0.2) is 24.7 Å². The molecule has 0 fully saturated rings. The number of rotatable bonds is 2. The zero-order valence-corrected chi connectivity index (χ0v) is 13.8. The molecule has 0 spiro atoms. The predicted molar refractivity (Wildman–Crippen MR) is 99.0 cm³/mol. The topological polar surface area (TPSA) is 59.4 Å². The molecule has 3 heterocycles. The Morgan fingerprint density at radius 3 is 2.68 bits per heavy atom. The SMILES string of the molecule is Clc1ncnc2c(-c3cccc4cn[nH]c34)cn(-c3ccccc3)c12. The second kappa shape index (κ2) is 5.43. The highest BCUT2D eigenvalue weighted by Gasteiger charge is 2.18. The standard InChI is InChI=1S/C19H12ClN5/c20-19-18-17(21-11-22-19)15(10-25(18)13-6-2-1-3-7-13)14-8-4-5-12-9-23-24-16(12)14/h1-11H,(H,23,24). The molecule has 2 aromatic carbocycles. The average Bonchev–Trinajstić information content (AvgIpc) is 3.28. The Morgan fingerprint density at radius 2 is 1.80 bits per heavy atom. The van der Waals surface area contributed by atoms with Gasteiger partial charge in [-0.1, -0.05) is 48.0 Å². The van der Waals surface area contributed by atoms with Gasteiger partial charge in [-0.15, -0.1) is 0 Å². The normalized spacial score (nSPS) is 11.4. The number of para-hydroxylation sites is 2. The van der Waals surface area contributed by atoms with Gasteiger partial charge in [0.1, 0.15) is 17.4 Å². The van der Waals surface area contributed by atoms with Crippen molar-refractivity contribution in [2.75, 3.05) is 0 Å². The van der Waals surface area contributed by atoms with Gasteiger partial charge >= 0.3 is 0 Å². The van der Waals surface area contributed by atoms with E-state index in [1.807, 2.05) is 53.2 Å². The number of hydrogen-bond acceptors (Lipinski definition) is 3. The second-order valence-corrected chi connectivity index (χ2v) is 6.11. The number of nitrogens with one attached hydrogen (secondary N) is 1. The molecular weight excluding hydrogens is 334 g/mol. The van der Waals surface area contributed by atoms with Crippen molar-refractivity contribution in [1.29, 1.82) is 0 Å². The first-order valence-electron chi connectivity index (χ1n) is 7.82. The molecule has 5 rings (SSSR count). The molecule has 25 heavy (non-hydrogen) atoms. The third-order valence-corrected chi connectivity index (χ3v) is 4.61. The first-order valence-corrected chi connectivity index (χ1v) is 8.20. The quantitative estimate of drug-likeness (QED) is 0.475. The monoisotopic (exact) mass is 345 g/mol. The Bertz CT molecular complexity index is 1210. The molecule has 0 aliphatic carbocycles. The largest absolute Gasteiger partial charge is 0.312 e. The van der Waals surface area contributed by atoms with E-state index in [1.54, 1.807) is 0 Å². The van der Waals surface area contributed by atoms with E-state index in [-0.39, 0.29) is 0 Å². The van der Waals surface area contributed by atoms with E-state index in [2.05, 4.69) is 32.4 Å². The molecule has 0 saturated carbocycles. The van der Waals surface area contributed by atoms with Crippen molar-refractivity contribution in [2.24, 2.45) is 0 Å². The van der Waals surface area contributed by atoms with E-state index in [4.69, 9.17) is 11.6 Å². The molecule has 0 unspecified atom stereocenters. The predicted octanol–water partition coefficient (Wildman–Crippen LogP) is 4.62. The number of fused-ring (bicyclic) bond motifs is 2. The van der Waals surface area contributed by atoms with Crippen LogP contribution in [0.2, 0.25) is 5.15 Å². The summed E-state index contributed by atoms with van der Waals surface area (Å²) in [7, 11) is 0. The van der Waals surface area contributed by atoms with Crippen molar-refractivity contribution < 1.29 is 0 Å². The van der Waals surface area contributed by atoms with Crippen molar-refractivity contribution >= 4 is 33.5 Å². The lowest BCUT2D eigenvalue weighted by Gasteiger charge is -2.04. The second-order valence-electron chi connectivity index (χ2n) is 5.75. The average molecular weight is 346 g/mol. The number of H-pyrrole nitrogens is 1. The molecule has 0 aliphatic rings. The first-order chi connectivity index (χ1) is 12.3. The molecule has 0 aliphatic heterocycles. The van der Waals surface area contributed by atoms with Crippen LogP contribution in [0.25, 0.3) is 38.8 Å². The van der Waals surface area contributed by atoms with Crippen LogP contribution in [0.3, 0.4) is 0 Å². The Kier molecular flexibility index (Phi) is 3.08. The van der Waals surface area contributed by atoms with Gasteiger partial charge in [0.25, 0.3) is 0 Å². The maximum absolute atomic E-state index is 6.42. The summed E-state index contributed by atoms with van der Waals surface area (Å²) in [6, 6.07) is 16.1. The summed E-state index contributed by atoms with van der Waals surface area (Å²) >= 11 is 6.42. The Labute approximate surface area is 147 Å². The van der Waals surface area contributed by atoms with Crippen LogP contribution in [0, 0.1) is 0 Å². The summed E-state index contributed by atoms with van der Waals surface area (Å²) in [5.74, 6) is 0. The van der Waals surface area contributed by atoms with Crippen molar-refractivity contribution in [2.45, 2.75) is 0 Å². The van der Waals surface area contributed by atoms with Crippen molar-refractivity contribution in [1.82, 2.24) is 24.7 Å². The molecule has 0 amide bonds. The van der Waals surface area contributed by atoms with E-state index in [0.29, 0.717) is 5.15 Å². The molecule has 3 aromatic heterocycles. The molecular formula is C19H12ClN5. The molecule has 5 aromatic rings. The van der Waals surface area contributed by atoms with Crippen LogP contribution < -0.4 is 0 Å². The zero-order chi connectivity index (χ0) is 16.8. The highest BCUT2D eigenvalue weighted by Crippen LogP contribution is 2.36. The fourth-order valence-electron chi connectivity index (χ4n) is 3.21. The fraction of sp³-hybridized carbons (Fsp3) is 0. The molecule has 6 heteroatoms.